The third-order valence-corrected chi connectivity index (χ3v) is 4.19. The van der Waals surface area contributed by atoms with Crippen LogP contribution in [0.25, 0.3) is 0 Å². The molecule has 134 valence electrons. The lowest BCUT2D eigenvalue weighted by Crippen LogP contribution is -2.44. The van der Waals surface area contributed by atoms with Gasteiger partial charge in [-0.15, -0.1) is 0 Å². The van der Waals surface area contributed by atoms with Crippen LogP contribution in [-0.4, -0.2) is 23.9 Å². The fourth-order valence-corrected chi connectivity index (χ4v) is 2.97. The SMILES string of the molecule is CC(=O)O[C@H]1C(=O)Nc2ccc(Cl)cc2[C@@H]1Nc1ccc(C(N)=O)cc1. The second-order valence-corrected chi connectivity index (χ2v) is 6.25. The summed E-state index contributed by atoms with van der Waals surface area (Å²) in [6.45, 7) is 1.24. The molecule has 2 amide bonds. The number of anilines is 2. The van der Waals surface area contributed by atoms with Crippen LogP contribution < -0.4 is 16.4 Å². The van der Waals surface area contributed by atoms with Crippen molar-refractivity contribution < 1.29 is 19.1 Å². The Morgan fingerprint density at radius 2 is 1.88 bits per heavy atom. The van der Waals surface area contributed by atoms with Gasteiger partial charge in [0.1, 0.15) is 0 Å². The highest BCUT2D eigenvalue weighted by atomic mass is 35.5. The van der Waals surface area contributed by atoms with E-state index in [4.69, 9.17) is 22.1 Å². The van der Waals surface area contributed by atoms with Crippen molar-refractivity contribution in [2.75, 3.05) is 10.6 Å². The molecule has 1 heterocycles. The zero-order valence-electron chi connectivity index (χ0n) is 13.8. The van der Waals surface area contributed by atoms with Gasteiger partial charge in [-0.3, -0.25) is 14.4 Å². The van der Waals surface area contributed by atoms with Crippen LogP contribution in [0.2, 0.25) is 5.02 Å². The van der Waals surface area contributed by atoms with Crippen LogP contribution in [0.3, 0.4) is 0 Å². The summed E-state index contributed by atoms with van der Waals surface area (Å²) in [5, 5.41) is 6.36. The molecule has 0 unspecified atom stereocenters. The van der Waals surface area contributed by atoms with Crippen LogP contribution in [0.15, 0.2) is 42.5 Å². The second kappa shape index (κ2) is 7.05. The molecule has 3 rings (SSSR count). The number of carbonyl (C=O) groups is 3. The van der Waals surface area contributed by atoms with E-state index in [-0.39, 0.29) is 0 Å². The summed E-state index contributed by atoms with van der Waals surface area (Å²) in [5.74, 6) is -1.56. The van der Waals surface area contributed by atoms with E-state index in [1.807, 2.05) is 0 Å². The van der Waals surface area contributed by atoms with Crippen molar-refractivity contribution in [3.05, 3.63) is 58.6 Å². The Hall–Kier alpha value is -3.06. The van der Waals surface area contributed by atoms with Gasteiger partial charge in [0.15, 0.2) is 0 Å². The highest BCUT2D eigenvalue weighted by molar-refractivity contribution is 6.30. The largest absolute Gasteiger partial charge is 0.450 e. The highest BCUT2D eigenvalue weighted by Crippen LogP contribution is 2.36. The number of esters is 1. The molecule has 1 aliphatic heterocycles. The first kappa shape index (κ1) is 17.8. The van der Waals surface area contributed by atoms with E-state index in [0.717, 1.165) is 0 Å². The minimum atomic E-state index is -1.07. The molecule has 7 nitrogen and oxygen atoms in total. The number of rotatable bonds is 4. The van der Waals surface area contributed by atoms with E-state index in [1.54, 1.807) is 42.5 Å². The van der Waals surface area contributed by atoms with Gasteiger partial charge < -0.3 is 21.1 Å². The van der Waals surface area contributed by atoms with Gasteiger partial charge in [-0.1, -0.05) is 11.6 Å². The maximum atomic E-state index is 12.4. The standard InChI is InChI=1S/C18H16ClN3O4/c1-9(23)26-16-15(21-12-5-2-10(3-6-12)17(20)24)13-8-11(19)4-7-14(13)22-18(16)25/h2-8,15-16,21H,1H3,(H2,20,24)(H,22,25)/t15-,16+/m0/s1. The van der Waals surface area contributed by atoms with Crippen molar-refractivity contribution in [3.8, 4) is 0 Å². The fraction of sp³-hybridized carbons (Fsp3) is 0.167. The first-order valence-corrected chi connectivity index (χ1v) is 8.17. The number of halogens is 1. The van der Waals surface area contributed by atoms with Gasteiger partial charge in [0.25, 0.3) is 5.91 Å². The number of benzene rings is 2. The molecule has 0 aliphatic carbocycles. The molecule has 0 fully saturated rings. The predicted octanol–water partition coefficient (Wildman–Crippen LogP) is 2.48. The molecular weight excluding hydrogens is 358 g/mol. The number of nitrogens with two attached hydrogens (primary N) is 1. The van der Waals surface area contributed by atoms with Crippen LogP contribution in [0.4, 0.5) is 11.4 Å². The summed E-state index contributed by atoms with van der Waals surface area (Å²) in [7, 11) is 0. The van der Waals surface area contributed by atoms with Crippen LogP contribution in [0.5, 0.6) is 0 Å². The Labute approximate surface area is 154 Å². The third kappa shape index (κ3) is 3.62. The smallest absolute Gasteiger partial charge is 0.303 e. The van der Waals surface area contributed by atoms with E-state index in [0.29, 0.717) is 27.5 Å². The van der Waals surface area contributed by atoms with Crippen LogP contribution in [0, 0.1) is 0 Å². The van der Waals surface area contributed by atoms with Gasteiger partial charge in [0.2, 0.25) is 12.0 Å². The normalized spacial score (nSPS) is 18.5. The monoisotopic (exact) mass is 373 g/mol. The summed E-state index contributed by atoms with van der Waals surface area (Å²) in [6, 6.07) is 10.8. The molecule has 0 bridgehead atoms. The Bertz CT molecular complexity index is 883. The summed E-state index contributed by atoms with van der Waals surface area (Å²) in [6.07, 6.45) is -1.07. The van der Waals surface area contributed by atoms with Gasteiger partial charge in [-0.25, -0.2) is 0 Å². The van der Waals surface area contributed by atoms with Crippen molar-refractivity contribution in [2.45, 2.75) is 19.1 Å². The molecule has 0 aromatic heterocycles. The molecule has 8 heteroatoms. The Kier molecular flexibility index (Phi) is 4.81. The zero-order chi connectivity index (χ0) is 18.8. The maximum Gasteiger partial charge on any atom is 0.303 e. The van der Waals surface area contributed by atoms with E-state index < -0.39 is 29.9 Å². The molecule has 0 spiro atoms. The molecule has 0 saturated carbocycles. The molecule has 0 radical (unpaired) electrons. The summed E-state index contributed by atoms with van der Waals surface area (Å²) in [4.78, 5) is 35.0. The molecular formula is C18H16ClN3O4. The van der Waals surface area contributed by atoms with Crippen molar-refractivity contribution in [1.29, 1.82) is 0 Å². The third-order valence-electron chi connectivity index (χ3n) is 3.95. The van der Waals surface area contributed by atoms with E-state index in [1.165, 1.54) is 6.92 Å². The average Bonchev–Trinajstić information content (AvgIpc) is 2.59. The first-order chi connectivity index (χ1) is 12.3. The molecule has 4 N–H and O–H groups in total. The number of ether oxygens (including phenoxy) is 1. The van der Waals surface area contributed by atoms with E-state index >= 15 is 0 Å². The number of hydrogen-bond donors (Lipinski definition) is 3. The number of primary amides is 1. The van der Waals surface area contributed by atoms with Crippen molar-refractivity contribution >= 4 is 40.8 Å². The van der Waals surface area contributed by atoms with Crippen molar-refractivity contribution in [2.24, 2.45) is 5.73 Å². The zero-order valence-corrected chi connectivity index (χ0v) is 14.5. The molecule has 2 atom stereocenters. The van der Waals surface area contributed by atoms with E-state index in [9.17, 15) is 14.4 Å². The lowest BCUT2D eigenvalue weighted by molar-refractivity contribution is -0.153. The maximum absolute atomic E-state index is 12.4. The van der Waals surface area contributed by atoms with Gasteiger partial charge in [-0.05, 0) is 42.5 Å². The predicted molar refractivity (Wildman–Crippen MR) is 97.0 cm³/mol. The topological polar surface area (TPSA) is 111 Å². The van der Waals surface area contributed by atoms with Crippen molar-refractivity contribution in [3.63, 3.8) is 0 Å². The number of hydrogen-bond acceptors (Lipinski definition) is 5. The van der Waals surface area contributed by atoms with E-state index in [2.05, 4.69) is 10.6 Å². The quantitative estimate of drug-likeness (QED) is 0.713. The minimum absolute atomic E-state index is 0.358. The molecule has 26 heavy (non-hydrogen) atoms. The lowest BCUT2D eigenvalue weighted by Gasteiger charge is -2.33. The van der Waals surface area contributed by atoms with Crippen LogP contribution in [-0.2, 0) is 14.3 Å². The van der Waals surface area contributed by atoms with Gasteiger partial charge >= 0.3 is 5.97 Å². The first-order valence-electron chi connectivity index (χ1n) is 7.79. The van der Waals surface area contributed by atoms with Crippen LogP contribution >= 0.6 is 11.6 Å². The van der Waals surface area contributed by atoms with Gasteiger partial charge in [-0.2, -0.15) is 0 Å². The number of amides is 2. The lowest BCUT2D eigenvalue weighted by atomic mass is 9.94. The molecule has 1 aliphatic rings. The Morgan fingerprint density at radius 3 is 2.50 bits per heavy atom. The minimum Gasteiger partial charge on any atom is -0.450 e. The number of nitrogens with one attached hydrogen (secondary N) is 2. The Balaban J connectivity index is 1.98. The summed E-state index contributed by atoms with van der Waals surface area (Å²) < 4.78 is 5.22. The highest BCUT2D eigenvalue weighted by Gasteiger charge is 2.38. The summed E-state index contributed by atoms with van der Waals surface area (Å²) in [5.41, 5.74) is 7.48. The van der Waals surface area contributed by atoms with Gasteiger partial charge in [0, 0.05) is 34.4 Å². The van der Waals surface area contributed by atoms with Crippen LogP contribution in [0.1, 0.15) is 28.9 Å². The molecule has 0 saturated heterocycles. The second-order valence-electron chi connectivity index (χ2n) is 5.81. The molecule has 2 aromatic rings. The average molecular weight is 374 g/mol. The fourth-order valence-electron chi connectivity index (χ4n) is 2.79. The number of carbonyl (C=O) groups excluding carboxylic acids is 3. The summed E-state index contributed by atoms with van der Waals surface area (Å²) >= 11 is 6.09. The van der Waals surface area contributed by atoms with Gasteiger partial charge in [0.05, 0.1) is 6.04 Å². The Morgan fingerprint density at radius 1 is 1.19 bits per heavy atom. The number of fused-ring (bicyclic) bond motifs is 1. The molecule has 2 aromatic carbocycles. The van der Waals surface area contributed by atoms with Crippen molar-refractivity contribution in [1.82, 2.24) is 0 Å².